The number of hydrogen-bond donors (Lipinski definition) is 0. The van der Waals surface area contributed by atoms with Crippen LogP contribution in [0.2, 0.25) is 0 Å². The number of aryl methyl sites for hydroxylation is 2. The van der Waals surface area contributed by atoms with Crippen LogP contribution >= 0.6 is 0 Å². The lowest BCUT2D eigenvalue weighted by atomic mass is 9.80. The van der Waals surface area contributed by atoms with Crippen LogP contribution in [0.15, 0.2) is 42.6 Å². The lowest BCUT2D eigenvalue weighted by Gasteiger charge is -2.17. The van der Waals surface area contributed by atoms with Gasteiger partial charge in [0.1, 0.15) is 7.85 Å². The van der Waals surface area contributed by atoms with Gasteiger partial charge in [0.15, 0.2) is 0 Å². The monoisotopic (exact) mass is 299 g/mol. The summed E-state index contributed by atoms with van der Waals surface area (Å²) in [6.07, 6.45) is 2.96. The van der Waals surface area contributed by atoms with Crippen molar-refractivity contribution in [1.29, 1.82) is 0 Å². The first-order valence-electron chi connectivity index (χ1n) is 8.27. The molecule has 1 aromatic heterocycles. The van der Waals surface area contributed by atoms with Gasteiger partial charge in [0, 0.05) is 17.1 Å². The Bertz CT molecular complexity index is 847. The van der Waals surface area contributed by atoms with E-state index in [2.05, 4.69) is 63.0 Å². The summed E-state index contributed by atoms with van der Waals surface area (Å²) in [4.78, 5) is 4.64. The number of aromatic nitrogens is 1. The largest absolute Gasteiger partial charge is 0.256 e. The number of nitrogens with zero attached hydrogens (tertiary/aromatic N) is 1. The Morgan fingerprint density at radius 1 is 1.00 bits per heavy atom. The van der Waals surface area contributed by atoms with Gasteiger partial charge in [-0.2, -0.15) is 0 Å². The fraction of sp³-hybridized carbons (Fsp3) is 0.286. The van der Waals surface area contributed by atoms with E-state index in [4.69, 9.17) is 7.85 Å². The summed E-state index contributed by atoms with van der Waals surface area (Å²) in [6, 6.07) is 12.9. The molecule has 1 nitrogen and oxygen atoms in total. The molecule has 1 unspecified atom stereocenters. The van der Waals surface area contributed by atoms with Crippen molar-refractivity contribution in [2.45, 2.75) is 40.0 Å². The van der Waals surface area contributed by atoms with E-state index < -0.39 is 0 Å². The van der Waals surface area contributed by atoms with Gasteiger partial charge in [0.05, 0.1) is 5.69 Å². The Hall–Kier alpha value is -2.09. The molecule has 0 aliphatic carbocycles. The molecular weight excluding hydrogens is 277 g/mol. The van der Waals surface area contributed by atoms with Gasteiger partial charge in [-0.05, 0) is 49.8 Å². The van der Waals surface area contributed by atoms with Gasteiger partial charge in [-0.1, -0.05) is 54.2 Å². The topological polar surface area (TPSA) is 12.9 Å². The molecule has 1 heterocycles. The van der Waals surface area contributed by atoms with Crippen molar-refractivity contribution in [2.24, 2.45) is 0 Å². The zero-order chi connectivity index (χ0) is 16.6. The lowest BCUT2D eigenvalue weighted by Crippen LogP contribution is -2.14. The molecule has 0 bridgehead atoms. The van der Waals surface area contributed by atoms with Gasteiger partial charge in [-0.15, -0.1) is 0 Å². The van der Waals surface area contributed by atoms with E-state index in [0.29, 0.717) is 5.92 Å². The van der Waals surface area contributed by atoms with E-state index in [0.717, 1.165) is 33.9 Å². The third-order valence-electron chi connectivity index (χ3n) is 4.66. The summed E-state index contributed by atoms with van der Waals surface area (Å²) in [5, 5.41) is 2.23. The molecule has 0 aliphatic rings. The summed E-state index contributed by atoms with van der Waals surface area (Å²) in [6.45, 7) is 8.67. The third-order valence-corrected chi connectivity index (χ3v) is 4.66. The van der Waals surface area contributed by atoms with E-state index >= 15 is 0 Å². The predicted octanol–water partition coefficient (Wildman–Crippen LogP) is 4.83. The maximum atomic E-state index is 6.47. The van der Waals surface area contributed by atoms with E-state index in [1.807, 2.05) is 12.3 Å². The summed E-state index contributed by atoms with van der Waals surface area (Å²) >= 11 is 0. The van der Waals surface area contributed by atoms with Crippen LogP contribution in [0.4, 0.5) is 0 Å². The van der Waals surface area contributed by atoms with Gasteiger partial charge in [0.25, 0.3) is 0 Å². The molecule has 0 N–H and O–H groups in total. The molecule has 2 radical (unpaired) electrons. The molecule has 0 aliphatic heterocycles. The SMILES string of the molecule is [B]c1c(C(C)CC)ccc2c(-c3cc(C)cc(C)c3)nccc12. The van der Waals surface area contributed by atoms with Crippen LogP contribution in [0.25, 0.3) is 22.0 Å². The predicted molar refractivity (Wildman–Crippen MR) is 101 cm³/mol. The molecular formula is C21H22BN. The molecule has 3 aromatic rings. The molecule has 0 spiro atoms. The molecule has 114 valence electrons. The Balaban J connectivity index is 2.26. The number of benzene rings is 2. The van der Waals surface area contributed by atoms with Gasteiger partial charge < -0.3 is 0 Å². The lowest BCUT2D eigenvalue weighted by molar-refractivity contribution is 0.738. The number of rotatable bonds is 3. The van der Waals surface area contributed by atoms with E-state index in [1.165, 1.54) is 16.7 Å². The number of fused-ring (bicyclic) bond motifs is 1. The van der Waals surface area contributed by atoms with Crippen LogP contribution in [-0.2, 0) is 0 Å². The average molecular weight is 299 g/mol. The van der Waals surface area contributed by atoms with Crippen molar-refractivity contribution in [3.05, 3.63) is 59.3 Å². The summed E-state index contributed by atoms with van der Waals surface area (Å²) in [5.41, 5.74) is 6.80. The average Bonchev–Trinajstić information content (AvgIpc) is 2.53. The Morgan fingerprint density at radius 3 is 2.35 bits per heavy atom. The quantitative estimate of drug-likeness (QED) is 0.631. The van der Waals surface area contributed by atoms with Gasteiger partial charge in [0.2, 0.25) is 0 Å². The Labute approximate surface area is 140 Å². The van der Waals surface area contributed by atoms with Crippen LogP contribution in [-0.4, -0.2) is 12.8 Å². The van der Waals surface area contributed by atoms with Crippen LogP contribution in [0.3, 0.4) is 0 Å². The minimum absolute atomic E-state index is 0.470. The number of pyridine rings is 1. The zero-order valence-corrected chi connectivity index (χ0v) is 14.4. The van der Waals surface area contributed by atoms with Crippen molar-refractivity contribution in [3.63, 3.8) is 0 Å². The molecule has 2 heteroatoms. The van der Waals surface area contributed by atoms with Crippen LogP contribution < -0.4 is 5.46 Å². The molecule has 2 aromatic carbocycles. The fourth-order valence-electron chi connectivity index (χ4n) is 3.29. The molecule has 23 heavy (non-hydrogen) atoms. The maximum absolute atomic E-state index is 6.47. The maximum Gasteiger partial charge on any atom is 0.115 e. The van der Waals surface area contributed by atoms with Crippen LogP contribution in [0.5, 0.6) is 0 Å². The minimum Gasteiger partial charge on any atom is -0.256 e. The second kappa shape index (κ2) is 6.19. The van der Waals surface area contributed by atoms with Crippen molar-refractivity contribution >= 4 is 24.1 Å². The summed E-state index contributed by atoms with van der Waals surface area (Å²) in [7, 11) is 6.47. The van der Waals surface area contributed by atoms with Gasteiger partial charge in [-0.3, -0.25) is 4.98 Å². The van der Waals surface area contributed by atoms with E-state index in [-0.39, 0.29) is 0 Å². The highest BCUT2D eigenvalue weighted by molar-refractivity contribution is 6.40. The summed E-state index contributed by atoms with van der Waals surface area (Å²) < 4.78 is 0. The summed E-state index contributed by atoms with van der Waals surface area (Å²) in [5.74, 6) is 0.470. The second-order valence-corrected chi connectivity index (χ2v) is 6.51. The first-order valence-corrected chi connectivity index (χ1v) is 8.27. The molecule has 0 saturated carbocycles. The van der Waals surface area contributed by atoms with E-state index in [1.54, 1.807) is 0 Å². The van der Waals surface area contributed by atoms with Crippen molar-refractivity contribution in [1.82, 2.24) is 4.98 Å². The smallest absolute Gasteiger partial charge is 0.115 e. The first-order chi connectivity index (χ1) is 11.0. The molecule has 0 saturated heterocycles. The highest BCUT2D eigenvalue weighted by Gasteiger charge is 2.12. The Kier molecular flexibility index (Phi) is 4.25. The standard InChI is InChI=1S/C21H22BN/c1-5-15(4)17-6-7-19-18(20(17)22)8-9-23-21(19)16-11-13(2)10-14(3)12-16/h6-12,15H,5H2,1-4H3. The zero-order valence-electron chi connectivity index (χ0n) is 14.4. The minimum atomic E-state index is 0.470. The molecule has 0 fully saturated rings. The van der Waals surface area contributed by atoms with Crippen molar-refractivity contribution < 1.29 is 0 Å². The normalized spacial score (nSPS) is 12.5. The van der Waals surface area contributed by atoms with Crippen molar-refractivity contribution in [2.75, 3.05) is 0 Å². The fourth-order valence-corrected chi connectivity index (χ4v) is 3.29. The highest BCUT2D eigenvalue weighted by atomic mass is 14.7. The Morgan fingerprint density at radius 2 is 1.70 bits per heavy atom. The molecule has 0 amide bonds. The van der Waals surface area contributed by atoms with Crippen molar-refractivity contribution in [3.8, 4) is 11.3 Å². The van der Waals surface area contributed by atoms with E-state index in [9.17, 15) is 0 Å². The molecule has 3 rings (SSSR count). The van der Waals surface area contributed by atoms with Crippen LogP contribution in [0.1, 0.15) is 42.9 Å². The first kappa shape index (κ1) is 15.8. The molecule has 1 atom stereocenters. The third kappa shape index (κ3) is 2.90. The number of hydrogen-bond acceptors (Lipinski definition) is 1. The van der Waals surface area contributed by atoms with Gasteiger partial charge >= 0.3 is 0 Å². The second-order valence-electron chi connectivity index (χ2n) is 6.51. The highest BCUT2D eigenvalue weighted by Crippen LogP contribution is 2.29. The van der Waals surface area contributed by atoms with Crippen LogP contribution in [0, 0.1) is 13.8 Å². The van der Waals surface area contributed by atoms with Gasteiger partial charge in [-0.25, -0.2) is 0 Å².